The predicted molar refractivity (Wildman–Crippen MR) is 37.1 cm³/mol. The van der Waals surface area contributed by atoms with Gasteiger partial charge in [0, 0.05) is 6.07 Å². The van der Waals surface area contributed by atoms with Crippen LogP contribution in [0.5, 0.6) is 0 Å². The van der Waals surface area contributed by atoms with Gasteiger partial charge in [0.25, 0.3) is 5.69 Å². The van der Waals surface area contributed by atoms with E-state index in [9.17, 15) is 10.1 Å². The van der Waals surface area contributed by atoms with E-state index in [0.717, 1.165) is 0 Å². The van der Waals surface area contributed by atoms with E-state index in [2.05, 4.69) is 0 Å². The van der Waals surface area contributed by atoms with Crippen LogP contribution in [-0.2, 0) is 0 Å². The second-order valence-electron chi connectivity index (χ2n) is 1.77. The third kappa shape index (κ3) is 1.05. The minimum Gasteiger partial charge on any atom is -0.693 e. The zero-order chi connectivity index (χ0) is 7.56. The summed E-state index contributed by atoms with van der Waals surface area (Å²) in [6.45, 7) is 0. The van der Waals surface area contributed by atoms with E-state index >= 15 is 0 Å². The standard InChI is InChI=1S/C6H5N2O2/c7-5-3-1-2-4-6(5)8(9)10/h1-4,7H/q-1. The molecule has 1 rings (SSSR count). The molecule has 0 amide bonds. The number of para-hydroxylation sites is 1. The molecule has 52 valence electrons. The average molecular weight is 137 g/mol. The quantitative estimate of drug-likeness (QED) is 0.440. The van der Waals surface area contributed by atoms with Crippen LogP contribution in [-0.4, -0.2) is 4.92 Å². The highest BCUT2D eigenvalue weighted by Gasteiger charge is 2.01. The normalized spacial score (nSPS) is 9.20. The molecule has 1 aromatic carbocycles. The van der Waals surface area contributed by atoms with Gasteiger partial charge in [-0.05, 0) is 0 Å². The van der Waals surface area contributed by atoms with E-state index < -0.39 is 4.92 Å². The van der Waals surface area contributed by atoms with Gasteiger partial charge in [0.2, 0.25) is 0 Å². The first-order chi connectivity index (χ1) is 4.72. The molecular formula is C6H5N2O2-. The van der Waals surface area contributed by atoms with Crippen molar-refractivity contribution in [2.24, 2.45) is 0 Å². The first-order valence-electron chi connectivity index (χ1n) is 2.67. The third-order valence-electron chi connectivity index (χ3n) is 1.10. The van der Waals surface area contributed by atoms with Crippen molar-refractivity contribution in [3.8, 4) is 0 Å². The number of nitrogens with zero attached hydrogens (tertiary/aromatic N) is 1. The second kappa shape index (κ2) is 2.34. The van der Waals surface area contributed by atoms with Crippen molar-refractivity contribution in [2.75, 3.05) is 0 Å². The van der Waals surface area contributed by atoms with Crippen LogP contribution in [0.15, 0.2) is 24.3 Å². The Kier molecular flexibility index (Phi) is 1.53. The van der Waals surface area contributed by atoms with Gasteiger partial charge in [-0.15, -0.1) is 0 Å². The molecular weight excluding hydrogens is 132 g/mol. The minimum absolute atomic E-state index is 0.0486. The fraction of sp³-hybridized carbons (Fsp3) is 0. The van der Waals surface area contributed by atoms with E-state index in [-0.39, 0.29) is 11.4 Å². The number of hydrogen-bond acceptors (Lipinski definition) is 2. The van der Waals surface area contributed by atoms with Gasteiger partial charge in [-0.25, -0.2) is 0 Å². The van der Waals surface area contributed by atoms with Gasteiger partial charge in [-0.2, -0.15) is 0 Å². The molecule has 1 N–H and O–H groups in total. The summed E-state index contributed by atoms with van der Waals surface area (Å²) in [4.78, 5) is 9.54. The van der Waals surface area contributed by atoms with Crippen molar-refractivity contribution in [1.82, 2.24) is 0 Å². The molecule has 4 nitrogen and oxygen atoms in total. The molecule has 4 heteroatoms. The Balaban J connectivity index is 3.15. The molecule has 1 aromatic rings. The molecule has 0 saturated heterocycles. The van der Waals surface area contributed by atoms with Gasteiger partial charge in [0.15, 0.2) is 0 Å². The number of rotatable bonds is 1. The summed E-state index contributed by atoms with van der Waals surface area (Å²) in [6.07, 6.45) is 0. The molecule has 10 heavy (non-hydrogen) atoms. The maximum atomic E-state index is 10.1. The van der Waals surface area contributed by atoms with Gasteiger partial charge < -0.3 is 5.73 Å². The lowest BCUT2D eigenvalue weighted by Gasteiger charge is -2.01. The topological polar surface area (TPSA) is 66.9 Å². The maximum absolute atomic E-state index is 10.1. The Morgan fingerprint density at radius 2 is 2.00 bits per heavy atom. The minimum atomic E-state index is -0.567. The molecule has 0 aromatic heterocycles. The zero-order valence-corrected chi connectivity index (χ0v) is 5.07. The van der Waals surface area contributed by atoms with Crippen LogP contribution in [0.2, 0.25) is 0 Å². The van der Waals surface area contributed by atoms with Gasteiger partial charge in [0.05, 0.1) is 4.92 Å². The molecule has 0 spiro atoms. The van der Waals surface area contributed by atoms with Crippen molar-refractivity contribution in [1.29, 1.82) is 0 Å². The Labute approximate surface area is 57.4 Å². The molecule has 0 bridgehead atoms. The second-order valence-corrected chi connectivity index (χ2v) is 1.77. The summed E-state index contributed by atoms with van der Waals surface area (Å²) in [5.41, 5.74) is 6.86. The fourth-order valence-corrected chi connectivity index (χ4v) is 0.633. The number of nitro benzene ring substituents is 1. The molecule has 0 heterocycles. The van der Waals surface area contributed by atoms with Gasteiger partial charge in [0.1, 0.15) is 0 Å². The Hall–Kier alpha value is -1.58. The SMILES string of the molecule is [NH-]c1ccccc1[N+](=O)[O-]. The van der Waals surface area contributed by atoms with Crippen LogP contribution in [0, 0.1) is 10.1 Å². The molecule has 0 fully saturated rings. The predicted octanol–water partition coefficient (Wildman–Crippen LogP) is 2.28. The van der Waals surface area contributed by atoms with Crippen molar-refractivity contribution < 1.29 is 4.92 Å². The van der Waals surface area contributed by atoms with Crippen LogP contribution in [0.1, 0.15) is 0 Å². The molecule has 0 aliphatic heterocycles. The lowest BCUT2D eigenvalue weighted by molar-refractivity contribution is -0.383. The summed E-state index contributed by atoms with van der Waals surface area (Å²) in [5.74, 6) is 0. The Morgan fingerprint density at radius 1 is 1.40 bits per heavy atom. The molecule has 0 aliphatic rings. The summed E-state index contributed by atoms with van der Waals surface area (Å²) >= 11 is 0. The zero-order valence-electron chi connectivity index (χ0n) is 5.07. The maximum Gasteiger partial charge on any atom is 0.254 e. The lowest BCUT2D eigenvalue weighted by Crippen LogP contribution is -1.85. The number of hydrogen-bond donors (Lipinski definition) is 0. The summed E-state index contributed by atoms with van der Waals surface area (Å²) in [6, 6.07) is 5.83. The van der Waals surface area contributed by atoms with Crippen LogP contribution in [0.25, 0.3) is 5.73 Å². The largest absolute Gasteiger partial charge is 0.693 e. The van der Waals surface area contributed by atoms with E-state index in [1.54, 1.807) is 6.07 Å². The highest BCUT2D eigenvalue weighted by Crippen LogP contribution is 2.24. The molecule has 0 saturated carbocycles. The Bertz CT molecular complexity index is 260. The average Bonchev–Trinajstić information content (AvgIpc) is 1.88. The van der Waals surface area contributed by atoms with Crippen molar-refractivity contribution in [3.05, 3.63) is 40.1 Å². The van der Waals surface area contributed by atoms with Crippen LogP contribution in [0.4, 0.5) is 11.4 Å². The summed E-state index contributed by atoms with van der Waals surface area (Å²) in [5, 5.41) is 10.1. The first-order valence-corrected chi connectivity index (χ1v) is 2.67. The monoisotopic (exact) mass is 137 g/mol. The van der Waals surface area contributed by atoms with Gasteiger partial charge in [-0.1, -0.05) is 23.9 Å². The lowest BCUT2D eigenvalue weighted by atomic mass is 10.3. The summed E-state index contributed by atoms with van der Waals surface area (Å²) in [7, 11) is 0. The van der Waals surface area contributed by atoms with Crippen molar-refractivity contribution >= 4 is 11.4 Å². The molecule has 0 unspecified atom stereocenters. The van der Waals surface area contributed by atoms with E-state index in [4.69, 9.17) is 5.73 Å². The van der Waals surface area contributed by atoms with E-state index in [0.29, 0.717) is 0 Å². The number of benzene rings is 1. The number of nitro groups is 1. The van der Waals surface area contributed by atoms with Gasteiger partial charge >= 0.3 is 0 Å². The molecule has 0 aliphatic carbocycles. The van der Waals surface area contributed by atoms with E-state index in [1.807, 2.05) is 0 Å². The van der Waals surface area contributed by atoms with Crippen molar-refractivity contribution in [2.45, 2.75) is 0 Å². The highest BCUT2D eigenvalue weighted by atomic mass is 16.6. The van der Waals surface area contributed by atoms with E-state index in [1.165, 1.54) is 18.2 Å². The molecule has 0 radical (unpaired) electrons. The van der Waals surface area contributed by atoms with Crippen LogP contribution < -0.4 is 0 Å². The van der Waals surface area contributed by atoms with Crippen LogP contribution in [0.3, 0.4) is 0 Å². The Morgan fingerprint density at radius 3 is 2.40 bits per heavy atom. The summed E-state index contributed by atoms with van der Waals surface area (Å²) < 4.78 is 0. The van der Waals surface area contributed by atoms with Crippen LogP contribution >= 0.6 is 0 Å². The number of nitrogens with one attached hydrogen (secondary N) is 1. The molecule has 0 atom stereocenters. The smallest absolute Gasteiger partial charge is 0.254 e. The fourth-order valence-electron chi connectivity index (χ4n) is 0.633. The third-order valence-corrected chi connectivity index (χ3v) is 1.10. The highest BCUT2D eigenvalue weighted by molar-refractivity contribution is 5.60. The first kappa shape index (κ1) is 6.54. The van der Waals surface area contributed by atoms with Gasteiger partial charge in [-0.3, -0.25) is 10.1 Å². The van der Waals surface area contributed by atoms with Crippen molar-refractivity contribution in [3.63, 3.8) is 0 Å².